The lowest BCUT2D eigenvalue weighted by atomic mass is 10.1. The average molecular weight is 281 g/mol. The molecule has 1 N–H and O–H groups in total. The summed E-state index contributed by atoms with van der Waals surface area (Å²) in [5.41, 5.74) is 5.43. The van der Waals surface area contributed by atoms with E-state index in [1.807, 2.05) is 12.3 Å². The van der Waals surface area contributed by atoms with Gasteiger partial charge in [0.15, 0.2) is 0 Å². The van der Waals surface area contributed by atoms with Crippen molar-refractivity contribution < 1.29 is 0 Å². The van der Waals surface area contributed by atoms with Crippen LogP contribution in [0.5, 0.6) is 0 Å². The molecule has 0 spiro atoms. The third kappa shape index (κ3) is 2.59. The number of nitrogens with zero attached hydrogens (tertiary/aromatic N) is 2. The zero-order valence-electron chi connectivity index (χ0n) is 11.3. The molecule has 20 heavy (non-hydrogen) atoms. The van der Waals surface area contributed by atoms with Gasteiger partial charge in [-0.3, -0.25) is 0 Å². The molecule has 1 aliphatic carbocycles. The number of allylic oxidation sites excluding steroid dienone is 1. The molecule has 3 nitrogen and oxygen atoms in total. The van der Waals surface area contributed by atoms with Crippen molar-refractivity contribution in [2.24, 2.45) is 0 Å². The maximum Gasteiger partial charge on any atom is 0.135 e. The largest absolute Gasteiger partial charge is 0.360 e. The summed E-state index contributed by atoms with van der Waals surface area (Å²) in [7, 11) is 0. The Labute approximate surface area is 122 Å². The van der Waals surface area contributed by atoms with Crippen LogP contribution < -0.4 is 5.32 Å². The molecule has 0 radical (unpaired) electrons. The monoisotopic (exact) mass is 281 g/mol. The van der Waals surface area contributed by atoms with Crippen LogP contribution in [-0.4, -0.2) is 4.98 Å². The van der Waals surface area contributed by atoms with E-state index >= 15 is 0 Å². The molecule has 0 unspecified atom stereocenters. The van der Waals surface area contributed by atoms with Gasteiger partial charge in [-0.2, -0.15) is 5.26 Å². The maximum absolute atomic E-state index is 9.23. The molecule has 0 bridgehead atoms. The van der Waals surface area contributed by atoms with Crippen molar-refractivity contribution in [1.82, 2.24) is 4.98 Å². The number of rotatable bonds is 3. The fourth-order valence-corrected chi connectivity index (χ4v) is 3.20. The van der Waals surface area contributed by atoms with Crippen molar-refractivity contribution in [3.63, 3.8) is 0 Å². The van der Waals surface area contributed by atoms with Crippen molar-refractivity contribution in [2.45, 2.75) is 26.2 Å². The third-order valence-electron chi connectivity index (χ3n) is 3.45. The van der Waals surface area contributed by atoms with Crippen LogP contribution in [0.4, 0.5) is 5.69 Å². The standard InChI is InChI=1S/C16H15N3S/c1-11-10-20-16(19-11)14(8-17)9-18-15-6-5-12-3-2-4-13(12)7-15/h5-7,9-10,18H,2-4H2,1H3/b14-9+. The molecular weight excluding hydrogens is 266 g/mol. The van der Waals surface area contributed by atoms with Gasteiger partial charge in [0.1, 0.15) is 16.6 Å². The molecule has 4 heteroatoms. The molecule has 0 amide bonds. The number of hydrogen-bond donors (Lipinski definition) is 1. The normalized spacial score (nSPS) is 13.9. The summed E-state index contributed by atoms with van der Waals surface area (Å²) >= 11 is 1.50. The number of fused-ring (bicyclic) bond motifs is 1. The van der Waals surface area contributed by atoms with Crippen LogP contribution in [0.25, 0.3) is 5.57 Å². The zero-order chi connectivity index (χ0) is 13.9. The number of nitriles is 1. The van der Waals surface area contributed by atoms with E-state index in [-0.39, 0.29) is 0 Å². The van der Waals surface area contributed by atoms with Gasteiger partial charge in [-0.25, -0.2) is 4.98 Å². The first-order chi connectivity index (χ1) is 9.76. The predicted molar refractivity (Wildman–Crippen MR) is 82.5 cm³/mol. The minimum absolute atomic E-state index is 0.573. The third-order valence-corrected chi connectivity index (χ3v) is 4.44. The van der Waals surface area contributed by atoms with E-state index in [0.29, 0.717) is 5.57 Å². The second-order valence-corrected chi connectivity index (χ2v) is 5.80. The van der Waals surface area contributed by atoms with E-state index in [9.17, 15) is 5.26 Å². The maximum atomic E-state index is 9.23. The Morgan fingerprint density at radius 3 is 3.00 bits per heavy atom. The lowest BCUT2D eigenvalue weighted by Crippen LogP contribution is -1.92. The van der Waals surface area contributed by atoms with E-state index in [4.69, 9.17) is 0 Å². The van der Waals surface area contributed by atoms with Crippen LogP contribution in [-0.2, 0) is 12.8 Å². The van der Waals surface area contributed by atoms with E-state index < -0.39 is 0 Å². The van der Waals surface area contributed by atoms with E-state index in [1.165, 1.54) is 35.3 Å². The first-order valence-electron chi connectivity index (χ1n) is 6.67. The van der Waals surface area contributed by atoms with Gasteiger partial charge < -0.3 is 5.32 Å². The molecule has 1 aliphatic rings. The van der Waals surface area contributed by atoms with Crippen LogP contribution in [0.2, 0.25) is 0 Å². The van der Waals surface area contributed by atoms with Gasteiger partial charge in [-0.1, -0.05) is 6.07 Å². The van der Waals surface area contributed by atoms with Crippen LogP contribution in [0.1, 0.15) is 28.2 Å². The number of hydrogen-bond acceptors (Lipinski definition) is 4. The molecule has 1 aromatic heterocycles. The predicted octanol–water partition coefficient (Wildman–Crippen LogP) is 3.92. The summed E-state index contributed by atoms with van der Waals surface area (Å²) in [6.45, 7) is 1.93. The molecule has 0 fully saturated rings. The number of aromatic nitrogens is 1. The molecule has 0 aliphatic heterocycles. The fraction of sp³-hybridized carbons (Fsp3) is 0.250. The minimum atomic E-state index is 0.573. The summed E-state index contributed by atoms with van der Waals surface area (Å²) < 4.78 is 0. The molecule has 0 atom stereocenters. The highest BCUT2D eigenvalue weighted by Gasteiger charge is 2.10. The van der Waals surface area contributed by atoms with Crippen LogP contribution in [0.15, 0.2) is 29.8 Å². The summed E-state index contributed by atoms with van der Waals surface area (Å²) in [6.07, 6.45) is 5.34. The minimum Gasteiger partial charge on any atom is -0.360 e. The number of thiazole rings is 1. The van der Waals surface area contributed by atoms with Gasteiger partial charge in [-0.05, 0) is 49.4 Å². The van der Waals surface area contributed by atoms with Crippen molar-refractivity contribution in [1.29, 1.82) is 5.26 Å². The number of anilines is 1. The Bertz CT molecular complexity index is 707. The van der Waals surface area contributed by atoms with Crippen LogP contribution in [0.3, 0.4) is 0 Å². The number of aryl methyl sites for hydroxylation is 3. The lowest BCUT2D eigenvalue weighted by Gasteiger charge is -2.05. The summed E-state index contributed by atoms with van der Waals surface area (Å²) in [5.74, 6) is 0. The quantitative estimate of drug-likeness (QED) is 0.868. The van der Waals surface area contributed by atoms with E-state index in [1.54, 1.807) is 6.20 Å². The van der Waals surface area contributed by atoms with Gasteiger partial charge in [0.2, 0.25) is 0 Å². The van der Waals surface area contributed by atoms with Crippen LogP contribution >= 0.6 is 11.3 Å². The second-order valence-electron chi connectivity index (χ2n) is 4.95. The van der Waals surface area contributed by atoms with Crippen molar-refractivity contribution in [3.8, 4) is 6.07 Å². The highest BCUT2D eigenvalue weighted by Crippen LogP contribution is 2.25. The molecule has 100 valence electrons. The Balaban J connectivity index is 1.80. The molecule has 0 saturated carbocycles. The number of benzene rings is 1. The Kier molecular flexibility index (Phi) is 3.53. The highest BCUT2D eigenvalue weighted by molar-refractivity contribution is 7.10. The van der Waals surface area contributed by atoms with Crippen molar-refractivity contribution >= 4 is 22.6 Å². The molecule has 1 heterocycles. The van der Waals surface area contributed by atoms with E-state index in [2.05, 4.69) is 34.6 Å². The lowest BCUT2D eigenvalue weighted by molar-refractivity contribution is 0.912. The Hall–Kier alpha value is -2.12. The topological polar surface area (TPSA) is 48.7 Å². The summed E-state index contributed by atoms with van der Waals surface area (Å²) in [5, 5.41) is 15.2. The van der Waals surface area contributed by atoms with Gasteiger partial charge in [0.05, 0.1) is 0 Å². The van der Waals surface area contributed by atoms with Crippen LogP contribution in [0, 0.1) is 18.3 Å². The Morgan fingerprint density at radius 2 is 2.25 bits per heavy atom. The zero-order valence-corrected chi connectivity index (χ0v) is 12.1. The van der Waals surface area contributed by atoms with Crippen molar-refractivity contribution in [2.75, 3.05) is 5.32 Å². The van der Waals surface area contributed by atoms with Gasteiger partial charge >= 0.3 is 0 Å². The molecule has 2 aromatic rings. The molecular formula is C16H15N3S. The first-order valence-corrected chi connectivity index (χ1v) is 7.55. The summed E-state index contributed by atoms with van der Waals surface area (Å²) in [6, 6.07) is 8.63. The highest BCUT2D eigenvalue weighted by atomic mass is 32.1. The number of nitrogens with one attached hydrogen (secondary N) is 1. The smallest absolute Gasteiger partial charge is 0.135 e. The van der Waals surface area contributed by atoms with Gasteiger partial charge in [0.25, 0.3) is 0 Å². The second kappa shape index (κ2) is 5.48. The summed E-state index contributed by atoms with van der Waals surface area (Å²) in [4.78, 5) is 4.34. The van der Waals surface area contributed by atoms with Gasteiger partial charge in [-0.15, -0.1) is 11.3 Å². The molecule has 0 saturated heterocycles. The average Bonchev–Trinajstić information content (AvgIpc) is 3.08. The first kappa shape index (κ1) is 12.9. The van der Waals surface area contributed by atoms with Crippen molar-refractivity contribution in [3.05, 3.63) is 51.6 Å². The molecule has 3 rings (SSSR count). The van der Waals surface area contributed by atoms with Gasteiger partial charge in [0, 0.05) is 23.0 Å². The molecule has 1 aromatic carbocycles. The van der Waals surface area contributed by atoms with E-state index in [0.717, 1.165) is 22.8 Å². The Morgan fingerprint density at radius 1 is 1.40 bits per heavy atom. The fourth-order valence-electron chi connectivity index (χ4n) is 2.44. The SMILES string of the molecule is Cc1csc(/C(C#N)=C/Nc2ccc3c(c2)CCC3)n1.